The van der Waals surface area contributed by atoms with Gasteiger partial charge in [0.25, 0.3) is 0 Å². The zero-order chi connectivity index (χ0) is 24.7. The first kappa shape index (κ1) is 27.3. The number of hydrogen-bond acceptors (Lipinski definition) is 2. The van der Waals surface area contributed by atoms with Gasteiger partial charge >= 0.3 is 0 Å². The minimum absolute atomic E-state index is 0.161. The van der Waals surface area contributed by atoms with Crippen LogP contribution in [0.4, 0.5) is 0 Å². The van der Waals surface area contributed by atoms with Gasteiger partial charge in [0.15, 0.2) is 0 Å². The lowest BCUT2D eigenvalue weighted by Gasteiger charge is -2.53. The largest absolute Gasteiger partial charge is 0.388 e. The fourth-order valence-corrected chi connectivity index (χ4v) is 18.0. The van der Waals surface area contributed by atoms with Crippen LogP contribution in [0.25, 0.3) is 0 Å². The Bertz CT molecular complexity index is 733. The summed E-state index contributed by atoms with van der Waals surface area (Å²) in [4.78, 5) is 13.4. The molecule has 2 unspecified atom stereocenters. The van der Waals surface area contributed by atoms with Crippen molar-refractivity contribution in [2.75, 3.05) is 0 Å². The van der Waals surface area contributed by atoms with Crippen molar-refractivity contribution in [1.82, 2.24) is 0 Å². The molecule has 0 heterocycles. The Morgan fingerprint density at radius 3 is 1.86 bits per heavy atom. The van der Waals surface area contributed by atoms with Crippen molar-refractivity contribution < 1.29 is 9.90 Å². The van der Waals surface area contributed by atoms with Gasteiger partial charge in [-0.1, -0.05) is 37.3 Å². The molecule has 1 N–H and O–H groups in total. The zero-order valence-corrected chi connectivity index (χ0v) is 23.6. The second kappa shape index (κ2) is 12.7. The highest BCUT2D eigenvalue weighted by molar-refractivity contribution is 7.79. The van der Waals surface area contributed by atoms with Gasteiger partial charge < -0.3 is 5.11 Å². The first-order valence-corrected chi connectivity index (χ1v) is 17.1. The molecule has 35 heavy (non-hydrogen) atoms. The van der Waals surface area contributed by atoms with Crippen LogP contribution in [0.1, 0.15) is 141 Å². The van der Waals surface area contributed by atoms with Crippen LogP contribution in [-0.2, 0) is 4.79 Å². The molecular formula is C32H52O2P+. The highest BCUT2D eigenvalue weighted by Gasteiger charge is 2.67. The van der Waals surface area contributed by atoms with E-state index in [-0.39, 0.29) is 11.3 Å². The van der Waals surface area contributed by atoms with Crippen LogP contribution < -0.4 is 0 Å². The number of aliphatic hydroxyl groups excluding tert-OH is 1. The molecule has 3 heteroatoms. The number of benzene rings is 1. The molecule has 3 saturated carbocycles. The molecule has 2 nitrogen and oxygen atoms in total. The van der Waals surface area contributed by atoms with Gasteiger partial charge in [0, 0.05) is 20.1 Å². The lowest BCUT2D eigenvalue weighted by Crippen LogP contribution is -2.45. The number of carbonyl (C=O) groups excluding carboxylic acids is 1. The predicted molar refractivity (Wildman–Crippen MR) is 152 cm³/mol. The molecule has 1 aromatic rings. The smallest absolute Gasteiger partial charge is 0.137 e. The number of hydrogen-bond donors (Lipinski definition) is 1. The fraction of sp³-hybridized carbons (Fsp3) is 0.781. The van der Waals surface area contributed by atoms with Crippen LogP contribution in [0.15, 0.2) is 30.3 Å². The Balaban J connectivity index is 1.67. The molecule has 1 aromatic carbocycles. The van der Waals surface area contributed by atoms with E-state index in [0.29, 0.717) is 5.78 Å². The molecule has 196 valence electrons. The Morgan fingerprint density at radius 2 is 1.40 bits per heavy atom. The van der Waals surface area contributed by atoms with Crippen LogP contribution >= 0.6 is 7.26 Å². The maximum absolute atomic E-state index is 13.4. The van der Waals surface area contributed by atoms with E-state index in [4.69, 9.17) is 0 Å². The van der Waals surface area contributed by atoms with E-state index in [1.54, 1.807) is 0 Å². The zero-order valence-electron chi connectivity index (χ0n) is 22.7. The molecule has 3 aliphatic carbocycles. The van der Waals surface area contributed by atoms with E-state index in [1.807, 2.05) is 18.2 Å². The third-order valence-corrected chi connectivity index (χ3v) is 17.6. The Labute approximate surface area is 216 Å². The normalized spacial score (nSPS) is 23.1. The molecule has 0 spiro atoms. The summed E-state index contributed by atoms with van der Waals surface area (Å²) in [6, 6.07) is 10.2. The Hall–Kier alpha value is -0.720. The van der Waals surface area contributed by atoms with Crippen molar-refractivity contribution >= 4 is 13.0 Å². The summed E-state index contributed by atoms with van der Waals surface area (Å²) in [6.07, 6.45) is 22.3. The highest BCUT2D eigenvalue weighted by Crippen LogP contribution is 2.86. The molecule has 0 bridgehead atoms. The average Bonchev–Trinajstić information content (AvgIpc) is 3.65. The summed E-state index contributed by atoms with van der Waals surface area (Å²) in [6.45, 7) is 4.77. The third kappa shape index (κ3) is 5.90. The van der Waals surface area contributed by atoms with E-state index >= 15 is 0 Å². The number of Topliss-reactive ketones (excluding diaryl/α,β-unsaturated/α-hetero) is 1. The summed E-state index contributed by atoms with van der Waals surface area (Å²) >= 11 is 0. The third-order valence-electron chi connectivity index (χ3n) is 10.2. The second-order valence-corrected chi connectivity index (χ2v) is 17.4. The van der Waals surface area contributed by atoms with Crippen molar-refractivity contribution in [2.24, 2.45) is 0 Å². The van der Waals surface area contributed by atoms with Crippen LogP contribution in [-0.4, -0.2) is 33.0 Å². The van der Waals surface area contributed by atoms with Gasteiger partial charge in [-0.25, -0.2) is 0 Å². The van der Waals surface area contributed by atoms with Crippen LogP contribution in [0.3, 0.4) is 0 Å². The van der Waals surface area contributed by atoms with E-state index in [9.17, 15) is 9.90 Å². The van der Waals surface area contributed by atoms with Crippen LogP contribution in [0, 0.1) is 0 Å². The van der Waals surface area contributed by atoms with Crippen molar-refractivity contribution in [3.05, 3.63) is 35.9 Å². The monoisotopic (exact) mass is 499 g/mol. The van der Waals surface area contributed by atoms with Gasteiger partial charge in [-0.2, -0.15) is 0 Å². The molecule has 0 saturated heterocycles. The Morgan fingerprint density at radius 1 is 0.914 bits per heavy atom. The molecular weight excluding hydrogens is 447 g/mol. The minimum Gasteiger partial charge on any atom is -0.388 e. The lowest BCUT2D eigenvalue weighted by molar-refractivity contribution is -0.119. The standard InChI is InChI=1S/C32H52O2P/c1-3-14-27(33)25-32(2,24-13-23-31(34)26-15-5-4-6-16-26)35(28-17-7-8-18-28,29-19-9-10-20-29)30-21-11-12-22-30/h4-6,15-16,28-31,34H,3,7-14,17-25H2,1-2H3/q+1. The lowest BCUT2D eigenvalue weighted by atomic mass is 9.93. The van der Waals surface area contributed by atoms with E-state index in [0.717, 1.165) is 61.1 Å². The van der Waals surface area contributed by atoms with Crippen molar-refractivity contribution in [1.29, 1.82) is 0 Å². The molecule has 2 atom stereocenters. The summed E-state index contributed by atoms with van der Waals surface area (Å²) in [5.74, 6) is 0.525. The van der Waals surface area contributed by atoms with Crippen molar-refractivity contribution in [3.63, 3.8) is 0 Å². The quantitative estimate of drug-likeness (QED) is 0.275. The molecule has 0 radical (unpaired) electrons. The molecule has 3 aliphatic rings. The molecule has 0 aliphatic heterocycles. The summed E-state index contributed by atoms with van der Waals surface area (Å²) < 4.78 is 0. The number of ketones is 1. The first-order chi connectivity index (χ1) is 17.0. The van der Waals surface area contributed by atoms with Gasteiger partial charge in [0.2, 0.25) is 0 Å². The van der Waals surface area contributed by atoms with Crippen molar-refractivity contribution in [2.45, 2.75) is 158 Å². The number of carbonyl (C=O) groups is 1. The van der Waals surface area contributed by atoms with E-state index < -0.39 is 7.26 Å². The maximum Gasteiger partial charge on any atom is 0.137 e. The van der Waals surface area contributed by atoms with Gasteiger partial charge in [-0.05, 0) is 115 Å². The van der Waals surface area contributed by atoms with Gasteiger partial charge in [0.05, 0.1) is 28.2 Å². The predicted octanol–water partition coefficient (Wildman–Crippen LogP) is 9.25. The topological polar surface area (TPSA) is 37.3 Å². The first-order valence-electron chi connectivity index (χ1n) is 15.1. The Kier molecular flexibility index (Phi) is 9.90. The average molecular weight is 500 g/mol. The van der Waals surface area contributed by atoms with Gasteiger partial charge in [0.1, 0.15) is 5.78 Å². The molecule has 4 rings (SSSR count). The van der Waals surface area contributed by atoms with Gasteiger partial charge in [-0.3, -0.25) is 4.79 Å². The fourth-order valence-electron chi connectivity index (χ4n) is 8.94. The van der Waals surface area contributed by atoms with Crippen LogP contribution in [0.5, 0.6) is 0 Å². The van der Waals surface area contributed by atoms with Crippen molar-refractivity contribution in [3.8, 4) is 0 Å². The summed E-state index contributed by atoms with van der Waals surface area (Å²) in [7, 11) is -1.37. The molecule has 3 fully saturated rings. The molecule has 0 amide bonds. The number of aliphatic hydroxyl groups is 1. The SMILES string of the molecule is CCCC(=O)CC(C)(CCCC(O)c1ccccc1)[P+](C1CCCC1)(C1CCCC1)C1CCCC1. The molecule has 0 aromatic heterocycles. The van der Waals surface area contributed by atoms with E-state index in [1.165, 1.54) is 77.0 Å². The van der Waals surface area contributed by atoms with E-state index in [2.05, 4.69) is 26.0 Å². The second-order valence-electron chi connectivity index (χ2n) is 12.4. The highest BCUT2D eigenvalue weighted by atomic mass is 31.2. The summed E-state index contributed by atoms with van der Waals surface area (Å²) in [5.41, 5.74) is 3.77. The summed E-state index contributed by atoms with van der Waals surface area (Å²) in [5, 5.41) is 11.1. The minimum atomic E-state index is -1.37. The van der Waals surface area contributed by atoms with Gasteiger partial charge in [-0.15, -0.1) is 0 Å². The number of rotatable bonds is 13. The van der Waals surface area contributed by atoms with Crippen LogP contribution in [0.2, 0.25) is 0 Å². The maximum atomic E-state index is 13.4.